The monoisotopic (exact) mass is 189 g/mol. The maximum Gasteiger partial charge on any atom is 0.313 e. The lowest BCUT2D eigenvalue weighted by atomic mass is 9.80. The van der Waals surface area contributed by atoms with Crippen LogP contribution in [0.15, 0.2) is 0 Å². The summed E-state index contributed by atoms with van der Waals surface area (Å²) in [6.07, 6.45) is 0.825. The summed E-state index contributed by atoms with van der Waals surface area (Å²) in [6, 6.07) is -0.0660. The minimum Gasteiger partial charge on any atom is -0.469 e. The van der Waals surface area contributed by atoms with E-state index in [1.165, 1.54) is 7.11 Å². The van der Waals surface area contributed by atoms with Gasteiger partial charge in [-0.2, -0.15) is 11.8 Å². The normalized spacial score (nSPS) is 36.1. The lowest BCUT2D eigenvalue weighted by Gasteiger charge is -2.36. The van der Waals surface area contributed by atoms with Crippen molar-refractivity contribution >= 4 is 17.7 Å². The molecule has 0 aromatic heterocycles. The SMILES string of the molecule is COC(=O)C1(C)CCSCC1N. The van der Waals surface area contributed by atoms with Gasteiger partial charge in [0.05, 0.1) is 12.5 Å². The summed E-state index contributed by atoms with van der Waals surface area (Å²) in [5.41, 5.74) is 5.41. The summed E-state index contributed by atoms with van der Waals surface area (Å²) in [5.74, 6) is 1.68. The molecule has 0 radical (unpaired) electrons. The Balaban J connectivity index is 2.72. The third kappa shape index (κ3) is 1.59. The van der Waals surface area contributed by atoms with Crippen LogP contribution in [0.2, 0.25) is 0 Å². The van der Waals surface area contributed by atoms with E-state index in [-0.39, 0.29) is 12.0 Å². The summed E-state index contributed by atoms with van der Waals surface area (Å²) in [6.45, 7) is 1.89. The Labute approximate surface area is 77.0 Å². The van der Waals surface area contributed by atoms with Crippen molar-refractivity contribution in [3.63, 3.8) is 0 Å². The van der Waals surface area contributed by atoms with Gasteiger partial charge in [-0.05, 0) is 19.1 Å². The summed E-state index contributed by atoms with van der Waals surface area (Å²) in [5, 5.41) is 0. The Hall–Kier alpha value is -0.220. The Bertz CT molecular complexity index is 186. The van der Waals surface area contributed by atoms with Gasteiger partial charge < -0.3 is 10.5 Å². The molecule has 1 aliphatic rings. The Morgan fingerprint density at radius 2 is 2.42 bits per heavy atom. The van der Waals surface area contributed by atoms with Crippen molar-refractivity contribution in [1.29, 1.82) is 0 Å². The number of carbonyl (C=O) groups excluding carboxylic acids is 1. The molecule has 2 atom stereocenters. The topological polar surface area (TPSA) is 52.3 Å². The molecule has 2 N–H and O–H groups in total. The van der Waals surface area contributed by atoms with Crippen LogP contribution in [0.1, 0.15) is 13.3 Å². The first-order valence-corrected chi connectivity index (χ1v) is 5.18. The summed E-state index contributed by atoms with van der Waals surface area (Å²) in [4.78, 5) is 11.4. The number of thioether (sulfide) groups is 1. The molecule has 4 heteroatoms. The van der Waals surface area contributed by atoms with Gasteiger partial charge in [-0.15, -0.1) is 0 Å². The summed E-state index contributed by atoms with van der Waals surface area (Å²) in [7, 11) is 1.42. The molecule has 1 heterocycles. The smallest absolute Gasteiger partial charge is 0.313 e. The second-order valence-electron chi connectivity index (χ2n) is 3.34. The number of rotatable bonds is 1. The van der Waals surface area contributed by atoms with E-state index >= 15 is 0 Å². The predicted octanol–water partition coefficient (Wildman–Crippen LogP) is 0.630. The molecule has 1 saturated heterocycles. The number of methoxy groups -OCH3 is 1. The van der Waals surface area contributed by atoms with Gasteiger partial charge in [0.1, 0.15) is 0 Å². The second kappa shape index (κ2) is 3.66. The lowest BCUT2D eigenvalue weighted by molar-refractivity contribution is -0.153. The standard InChI is InChI=1S/C8H15NO2S/c1-8(7(10)11-2)3-4-12-5-6(8)9/h6H,3-5,9H2,1-2H3. The molecule has 0 aliphatic carbocycles. The number of ether oxygens (including phenoxy) is 1. The first-order chi connectivity index (χ1) is 5.61. The first kappa shape index (κ1) is 9.86. The quantitative estimate of drug-likeness (QED) is 0.615. The molecule has 12 heavy (non-hydrogen) atoms. The van der Waals surface area contributed by atoms with Crippen molar-refractivity contribution in [1.82, 2.24) is 0 Å². The maximum absolute atomic E-state index is 11.4. The van der Waals surface area contributed by atoms with Crippen molar-refractivity contribution in [3.05, 3.63) is 0 Å². The van der Waals surface area contributed by atoms with Gasteiger partial charge in [0.25, 0.3) is 0 Å². The highest BCUT2D eigenvalue weighted by Crippen LogP contribution is 2.34. The zero-order chi connectivity index (χ0) is 9.19. The fourth-order valence-corrected chi connectivity index (χ4v) is 2.71. The molecule has 1 rings (SSSR count). The molecule has 70 valence electrons. The third-order valence-electron chi connectivity index (χ3n) is 2.53. The largest absolute Gasteiger partial charge is 0.469 e. The molecule has 0 aromatic carbocycles. The number of hydrogen-bond donors (Lipinski definition) is 1. The van der Waals surface area contributed by atoms with Gasteiger partial charge in [0.2, 0.25) is 0 Å². The van der Waals surface area contributed by atoms with Gasteiger partial charge >= 0.3 is 5.97 Å². The minimum atomic E-state index is -0.458. The molecule has 1 fully saturated rings. The average molecular weight is 189 g/mol. The van der Waals surface area contributed by atoms with Crippen LogP contribution >= 0.6 is 11.8 Å². The van der Waals surface area contributed by atoms with Crippen molar-refractivity contribution in [2.24, 2.45) is 11.1 Å². The summed E-state index contributed by atoms with van der Waals surface area (Å²) >= 11 is 1.80. The van der Waals surface area contributed by atoms with E-state index in [1.807, 2.05) is 6.92 Å². The van der Waals surface area contributed by atoms with Crippen molar-refractivity contribution in [3.8, 4) is 0 Å². The van der Waals surface area contributed by atoms with Crippen LogP contribution < -0.4 is 5.73 Å². The average Bonchev–Trinajstić information content (AvgIpc) is 2.09. The van der Waals surface area contributed by atoms with Crippen molar-refractivity contribution in [2.45, 2.75) is 19.4 Å². The van der Waals surface area contributed by atoms with Crippen LogP contribution in [0.3, 0.4) is 0 Å². The first-order valence-electron chi connectivity index (χ1n) is 4.03. The lowest BCUT2D eigenvalue weighted by Crippen LogP contribution is -2.50. The minimum absolute atomic E-state index is 0.0660. The van der Waals surface area contributed by atoms with E-state index < -0.39 is 5.41 Å². The molecule has 3 nitrogen and oxygen atoms in total. The highest BCUT2D eigenvalue weighted by atomic mass is 32.2. The van der Waals surface area contributed by atoms with Gasteiger partial charge in [0, 0.05) is 11.8 Å². The highest BCUT2D eigenvalue weighted by Gasteiger charge is 2.42. The van der Waals surface area contributed by atoms with Crippen LogP contribution in [-0.2, 0) is 9.53 Å². The molecular formula is C8H15NO2S. The molecule has 1 aliphatic heterocycles. The van der Waals surface area contributed by atoms with E-state index in [0.29, 0.717) is 0 Å². The van der Waals surface area contributed by atoms with Crippen LogP contribution in [-0.4, -0.2) is 30.6 Å². The fraction of sp³-hybridized carbons (Fsp3) is 0.875. The van der Waals surface area contributed by atoms with Gasteiger partial charge in [-0.25, -0.2) is 0 Å². The van der Waals surface area contributed by atoms with Gasteiger partial charge in [0.15, 0.2) is 0 Å². The molecule has 0 saturated carbocycles. The Kier molecular flexibility index (Phi) is 3.01. The number of nitrogens with two attached hydrogens (primary N) is 1. The van der Waals surface area contributed by atoms with Crippen LogP contribution in [0.5, 0.6) is 0 Å². The van der Waals surface area contributed by atoms with Crippen LogP contribution in [0.4, 0.5) is 0 Å². The molecule has 0 bridgehead atoms. The van der Waals surface area contributed by atoms with E-state index in [9.17, 15) is 4.79 Å². The van der Waals surface area contributed by atoms with E-state index in [2.05, 4.69) is 0 Å². The zero-order valence-corrected chi connectivity index (χ0v) is 8.32. The Morgan fingerprint density at radius 1 is 1.75 bits per heavy atom. The predicted molar refractivity (Wildman–Crippen MR) is 50.0 cm³/mol. The zero-order valence-electron chi connectivity index (χ0n) is 7.50. The van der Waals surface area contributed by atoms with Gasteiger partial charge in [-0.1, -0.05) is 0 Å². The summed E-state index contributed by atoms with van der Waals surface area (Å²) < 4.78 is 4.73. The molecular weight excluding hydrogens is 174 g/mol. The van der Waals surface area contributed by atoms with Gasteiger partial charge in [-0.3, -0.25) is 4.79 Å². The number of hydrogen-bond acceptors (Lipinski definition) is 4. The number of carbonyl (C=O) groups is 1. The fourth-order valence-electron chi connectivity index (χ4n) is 1.35. The molecule has 2 unspecified atom stereocenters. The van der Waals surface area contributed by atoms with E-state index in [0.717, 1.165) is 17.9 Å². The third-order valence-corrected chi connectivity index (χ3v) is 3.62. The molecule has 0 aromatic rings. The van der Waals surface area contributed by atoms with Crippen LogP contribution in [0.25, 0.3) is 0 Å². The van der Waals surface area contributed by atoms with E-state index in [1.54, 1.807) is 11.8 Å². The highest BCUT2D eigenvalue weighted by molar-refractivity contribution is 7.99. The number of esters is 1. The van der Waals surface area contributed by atoms with E-state index in [4.69, 9.17) is 10.5 Å². The van der Waals surface area contributed by atoms with Crippen LogP contribution in [0, 0.1) is 5.41 Å². The maximum atomic E-state index is 11.4. The Morgan fingerprint density at radius 3 is 2.92 bits per heavy atom. The van der Waals surface area contributed by atoms with Crippen molar-refractivity contribution < 1.29 is 9.53 Å². The molecule has 0 amide bonds. The second-order valence-corrected chi connectivity index (χ2v) is 4.49. The van der Waals surface area contributed by atoms with Crippen molar-refractivity contribution in [2.75, 3.05) is 18.6 Å². The molecule has 0 spiro atoms.